The van der Waals surface area contributed by atoms with Gasteiger partial charge in [0.2, 0.25) is 5.91 Å². The van der Waals surface area contributed by atoms with E-state index in [1.165, 1.54) is 11.3 Å². The summed E-state index contributed by atoms with van der Waals surface area (Å²) in [6.07, 6.45) is 0.281. The summed E-state index contributed by atoms with van der Waals surface area (Å²) >= 11 is 4.61. The number of anilines is 2. The molecule has 0 fully saturated rings. The number of hydrogen-bond donors (Lipinski definition) is 0. The highest BCUT2D eigenvalue weighted by molar-refractivity contribution is 9.10. The highest BCUT2D eigenvalue weighted by Crippen LogP contribution is 2.46. The number of benzene rings is 2. The van der Waals surface area contributed by atoms with Crippen LogP contribution >= 0.6 is 27.3 Å². The van der Waals surface area contributed by atoms with Crippen molar-refractivity contribution in [1.29, 1.82) is 0 Å². The van der Waals surface area contributed by atoms with E-state index in [9.17, 15) is 9.59 Å². The average Bonchev–Trinajstić information content (AvgIpc) is 2.97. The normalized spacial score (nSPS) is 16.3. The summed E-state index contributed by atoms with van der Waals surface area (Å²) < 4.78 is 7.99. The standard InChI is InChI=1S/C20H17BrN2O3S/c1-22-19-18(27-20(22)25)15(14-5-3-4-6-16(14)26-2)11-17(24)23(19)13-9-7-12(21)8-10-13/h3-10,15H,11H2,1-2H3/t15-/m0/s1. The van der Waals surface area contributed by atoms with Gasteiger partial charge in [0, 0.05) is 29.4 Å². The molecule has 7 heteroatoms. The molecule has 1 aliphatic heterocycles. The molecule has 0 saturated heterocycles. The molecule has 1 aliphatic rings. The van der Waals surface area contributed by atoms with Gasteiger partial charge in [0.05, 0.1) is 17.7 Å². The van der Waals surface area contributed by atoms with Crippen molar-refractivity contribution in [3.05, 3.63) is 73.1 Å². The van der Waals surface area contributed by atoms with Gasteiger partial charge in [-0.3, -0.25) is 19.1 Å². The number of rotatable bonds is 3. The van der Waals surface area contributed by atoms with Crippen LogP contribution in [0.2, 0.25) is 0 Å². The van der Waals surface area contributed by atoms with Gasteiger partial charge < -0.3 is 4.74 Å². The van der Waals surface area contributed by atoms with E-state index in [2.05, 4.69) is 15.9 Å². The Labute approximate surface area is 168 Å². The lowest BCUT2D eigenvalue weighted by Crippen LogP contribution is -2.34. The quantitative estimate of drug-likeness (QED) is 0.600. The van der Waals surface area contributed by atoms with Gasteiger partial charge in [-0.2, -0.15) is 0 Å². The fraction of sp³-hybridized carbons (Fsp3) is 0.200. The van der Waals surface area contributed by atoms with Crippen LogP contribution in [-0.4, -0.2) is 17.6 Å². The molecule has 0 bridgehead atoms. The molecule has 0 unspecified atom stereocenters. The van der Waals surface area contributed by atoms with E-state index in [1.807, 2.05) is 48.5 Å². The molecule has 1 atom stereocenters. The first-order valence-electron chi connectivity index (χ1n) is 8.42. The molecule has 0 radical (unpaired) electrons. The van der Waals surface area contributed by atoms with E-state index in [-0.39, 0.29) is 23.1 Å². The largest absolute Gasteiger partial charge is 0.496 e. The fourth-order valence-electron chi connectivity index (χ4n) is 3.49. The van der Waals surface area contributed by atoms with Crippen molar-refractivity contribution in [1.82, 2.24) is 4.57 Å². The number of nitrogens with zero attached hydrogens (tertiary/aromatic N) is 2. The average molecular weight is 445 g/mol. The molecule has 0 spiro atoms. The lowest BCUT2D eigenvalue weighted by Gasteiger charge is -2.32. The molecular formula is C20H17BrN2O3S. The smallest absolute Gasteiger partial charge is 0.308 e. The minimum Gasteiger partial charge on any atom is -0.496 e. The van der Waals surface area contributed by atoms with Crippen molar-refractivity contribution in [2.24, 2.45) is 7.05 Å². The number of thiazole rings is 1. The van der Waals surface area contributed by atoms with Gasteiger partial charge in [-0.1, -0.05) is 45.5 Å². The lowest BCUT2D eigenvalue weighted by molar-refractivity contribution is -0.118. The van der Waals surface area contributed by atoms with Gasteiger partial charge >= 0.3 is 4.87 Å². The number of halogens is 1. The highest BCUT2D eigenvalue weighted by Gasteiger charge is 2.38. The van der Waals surface area contributed by atoms with Crippen LogP contribution < -0.4 is 14.5 Å². The number of methoxy groups -OCH3 is 1. The second-order valence-corrected chi connectivity index (χ2v) is 8.23. The molecule has 2 heterocycles. The Kier molecular flexibility index (Phi) is 4.65. The third kappa shape index (κ3) is 3.00. The van der Waals surface area contributed by atoms with Crippen molar-refractivity contribution in [3.8, 4) is 5.75 Å². The Morgan fingerprint density at radius 3 is 2.52 bits per heavy atom. The van der Waals surface area contributed by atoms with Crippen LogP contribution in [-0.2, 0) is 11.8 Å². The summed E-state index contributed by atoms with van der Waals surface area (Å²) in [6.45, 7) is 0. The summed E-state index contributed by atoms with van der Waals surface area (Å²) in [5.74, 6) is 1.12. The van der Waals surface area contributed by atoms with Crippen molar-refractivity contribution in [3.63, 3.8) is 0 Å². The number of fused-ring (bicyclic) bond motifs is 1. The van der Waals surface area contributed by atoms with Crippen molar-refractivity contribution in [2.45, 2.75) is 12.3 Å². The zero-order valence-corrected chi connectivity index (χ0v) is 17.2. The van der Waals surface area contributed by atoms with Gasteiger partial charge in [-0.05, 0) is 30.3 Å². The van der Waals surface area contributed by atoms with E-state index in [4.69, 9.17) is 4.74 Å². The third-order valence-electron chi connectivity index (χ3n) is 4.76. The predicted octanol–water partition coefficient (Wildman–Crippen LogP) is 4.42. The molecule has 1 amide bonds. The maximum Gasteiger partial charge on any atom is 0.308 e. The topological polar surface area (TPSA) is 51.5 Å². The van der Waals surface area contributed by atoms with Crippen LogP contribution in [0.25, 0.3) is 0 Å². The van der Waals surface area contributed by atoms with E-state index < -0.39 is 0 Å². The first-order chi connectivity index (χ1) is 13.0. The minimum atomic E-state index is -0.200. The van der Waals surface area contributed by atoms with Crippen molar-refractivity contribution < 1.29 is 9.53 Å². The summed E-state index contributed by atoms with van der Waals surface area (Å²) in [6, 6.07) is 15.2. The molecular weight excluding hydrogens is 428 g/mol. The molecule has 138 valence electrons. The van der Waals surface area contributed by atoms with Crippen LogP contribution in [0.4, 0.5) is 11.5 Å². The Morgan fingerprint density at radius 1 is 1.11 bits per heavy atom. The van der Waals surface area contributed by atoms with Crippen LogP contribution in [0.15, 0.2) is 57.8 Å². The van der Waals surface area contributed by atoms with Gasteiger partial charge in [0.1, 0.15) is 11.6 Å². The van der Waals surface area contributed by atoms with Crippen LogP contribution in [0.3, 0.4) is 0 Å². The Hall–Kier alpha value is -2.38. The first-order valence-corrected chi connectivity index (χ1v) is 10.0. The number of aromatic nitrogens is 1. The SMILES string of the molecule is COc1ccccc1[C@@H]1CC(=O)N(c2ccc(Br)cc2)c2c1sc(=O)n2C. The first kappa shape index (κ1) is 18.0. The zero-order chi connectivity index (χ0) is 19.1. The second-order valence-electron chi connectivity index (χ2n) is 6.32. The summed E-state index contributed by atoms with van der Waals surface area (Å²) in [4.78, 5) is 28.1. The van der Waals surface area contributed by atoms with Crippen molar-refractivity contribution >= 4 is 44.7 Å². The highest BCUT2D eigenvalue weighted by atomic mass is 79.9. The number of carbonyl (C=O) groups excluding carboxylic acids is 1. The minimum absolute atomic E-state index is 0.0471. The Morgan fingerprint density at radius 2 is 1.81 bits per heavy atom. The summed E-state index contributed by atoms with van der Waals surface area (Å²) in [7, 11) is 3.33. The Bertz CT molecular complexity index is 1070. The maximum absolute atomic E-state index is 13.1. The second kappa shape index (κ2) is 6.98. The van der Waals surface area contributed by atoms with Gasteiger partial charge in [0.15, 0.2) is 0 Å². The lowest BCUT2D eigenvalue weighted by atomic mass is 9.89. The van der Waals surface area contributed by atoms with E-state index in [0.29, 0.717) is 5.82 Å². The number of hydrogen-bond acceptors (Lipinski definition) is 4. The van der Waals surface area contributed by atoms with E-state index >= 15 is 0 Å². The summed E-state index contributed by atoms with van der Waals surface area (Å²) in [5.41, 5.74) is 1.67. The number of para-hydroxylation sites is 1. The van der Waals surface area contributed by atoms with Gasteiger partial charge in [0.25, 0.3) is 0 Å². The van der Waals surface area contributed by atoms with Crippen molar-refractivity contribution in [2.75, 3.05) is 12.0 Å². The molecule has 3 aromatic rings. The molecule has 5 nitrogen and oxygen atoms in total. The Balaban J connectivity index is 1.91. The molecule has 2 aromatic carbocycles. The molecule has 1 aromatic heterocycles. The molecule has 4 rings (SSSR count). The third-order valence-corrected chi connectivity index (χ3v) is 6.43. The monoisotopic (exact) mass is 444 g/mol. The maximum atomic E-state index is 13.1. The van der Waals surface area contributed by atoms with Crippen LogP contribution in [0, 0.1) is 0 Å². The van der Waals surface area contributed by atoms with E-state index in [0.717, 1.165) is 26.4 Å². The molecule has 0 N–H and O–H groups in total. The van der Waals surface area contributed by atoms with Crippen LogP contribution in [0.5, 0.6) is 5.75 Å². The predicted molar refractivity (Wildman–Crippen MR) is 110 cm³/mol. The van der Waals surface area contributed by atoms with Crippen LogP contribution in [0.1, 0.15) is 22.8 Å². The number of carbonyl (C=O) groups is 1. The molecule has 0 saturated carbocycles. The van der Waals surface area contributed by atoms with E-state index in [1.54, 1.807) is 23.6 Å². The number of amides is 1. The van der Waals surface area contributed by atoms with Gasteiger partial charge in [-0.25, -0.2) is 0 Å². The zero-order valence-electron chi connectivity index (χ0n) is 14.8. The number of ether oxygens (including phenoxy) is 1. The summed E-state index contributed by atoms with van der Waals surface area (Å²) in [5, 5.41) is 0. The fourth-order valence-corrected chi connectivity index (χ4v) is 4.83. The molecule has 0 aliphatic carbocycles. The van der Waals surface area contributed by atoms with Gasteiger partial charge in [-0.15, -0.1) is 0 Å². The molecule has 27 heavy (non-hydrogen) atoms.